The summed E-state index contributed by atoms with van der Waals surface area (Å²) in [7, 11) is 0. The molecule has 0 radical (unpaired) electrons. The van der Waals surface area contributed by atoms with Gasteiger partial charge in [0.2, 0.25) is 0 Å². The molecule has 3 nitrogen and oxygen atoms in total. The highest BCUT2D eigenvalue weighted by Gasteiger charge is 2.20. The molecule has 0 aliphatic carbocycles. The molecule has 82 valence electrons. The summed E-state index contributed by atoms with van der Waals surface area (Å²) < 4.78 is 10.9. The standard InChI is InChI=1S/C13H13NO2/c1-2-4-10(5-3-1)6-11-7-14-12-8-15-9-13(12)16-11/h1-5,8-9,11,14H,6-7H2. The van der Waals surface area contributed by atoms with Crippen LogP contribution in [0, 0.1) is 0 Å². The molecule has 16 heavy (non-hydrogen) atoms. The molecule has 0 bridgehead atoms. The fourth-order valence-electron chi connectivity index (χ4n) is 1.94. The van der Waals surface area contributed by atoms with Crippen molar-refractivity contribution in [3.8, 4) is 5.75 Å². The van der Waals surface area contributed by atoms with Gasteiger partial charge >= 0.3 is 0 Å². The summed E-state index contributed by atoms with van der Waals surface area (Å²) in [6.07, 6.45) is 4.40. The Hall–Kier alpha value is -1.90. The molecular weight excluding hydrogens is 202 g/mol. The first-order chi connectivity index (χ1) is 7.92. The molecule has 0 amide bonds. The zero-order valence-corrected chi connectivity index (χ0v) is 8.85. The predicted octanol–water partition coefficient (Wildman–Crippen LogP) is 2.70. The van der Waals surface area contributed by atoms with Crippen LogP contribution in [0.15, 0.2) is 47.3 Å². The fraction of sp³-hybridized carbons (Fsp3) is 0.231. The lowest BCUT2D eigenvalue weighted by atomic mass is 10.1. The van der Waals surface area contributed by atoms with E-state index in [4.69, 9.17) is 9.15 Å². The number of nitrogens with one attached hydrogen (secondary N) is 1. The zero-order valence-electron chi connectivity index (χ0n) is 8.85. The molecule has 0 spiro atoms. The molecule has 3 rings (SSSR count). The number of hydrogen-bond donors (Lipinski definition) is 1. The molecule has 1 aliphatic rings. The van der Waals surface area contributed by atoms with E-state index in [0.717, 1.165) is 24.4 Å². The van der Waals surface area contributed by atoms with E-state index in [0.29, 0.717) is 0 Å². The number of fused-ring (bicyclic) bond motifs is 1. The third-order valence-electron chi connectivity index (χ3n) is 2.75. The Morgan fingerprint density at radius 3 is 2.94 bits per heavy atom. The van der Waals surface area contributed by atoms with Gasteiger partial charge in [-0.25, -0.2) is 0 Å². The molecule has 0 saturated heterocycles. The average Bonchev–Trinajstić information content (AvgIpc) is 2.77. The third kappa shape index (κ3) is 1.76. The summed E-state index contributed by atoms with van der Waals surface area (Å²) in [5.74, 6) is 0.812. The van der Waals surface area contributed by atoms with Crippen molar-refractivity contribution in [1.29, 1.82) is 0 Å². The summed E-state index contributed by atoms with van der Waals surface area (Å²) in [4.78, 5) is 0. The average molecular weight is 215 g/mol. The van der Waals surface area contributed by atoms with E-state index in [1.807, 2.05) is 6.07 Å². The number of benzene rings is 1. The van der Waals surface area contributed by atoms with E-state index in [-0.39, 0.29) is 6.10 Å². The minimum absolute atomic E-state index is 0.174. The van der Waals surface area contributed by atoms with Crippen molar-refractivity contribution >= 4 is 5.69 Å². The summed E-state index contributed by atoms with van der Waals surface area (Å²) in [6, 6.07) is 10.4. The van der Waals surface area contributed by atoms with Gasteiger partial charge in [-0.3, -0.25) is 0 Å². The van der Waals surface area contributed by atoms with Gasteiger partial charge in [0.1, 0.15) is 24.3 Å². The van der Waals surface area contributed by atoms with Crippen molar-refractivity contribution in [3.05, 3.63) is 48.4 Å². The molecule has 1 aliphatic heterocycles. The lowest BCUT2D eigenvalue weighted by Crippen LogP contribution is -2.31. The van der Waals surface area contributed by atoms with Gasteiger partial charge < -0.3 is 14.5 Å². The van der Waals surface area contributed by atoms with E-state index < -0.39 is 0 Å². The van der Waals surface area contributed by atoms with Crippen molar-refractivity contribution in [1.82, 2.24) is 0 Å². The lowest BCUT2D eigenvalue weighted by Gasteiger charge is -2.24. The van der Waals surface area contributed by atoms with Crippen molar-refractivity contribution in [2.45, 2.75) is 12.5 Å². The van der Waals surface area contributed by atoms with Gasteiger partial charge in [-0.2, -0.15) is 0 Å². The summed E-state index contributed by atoms with van der Waals surface area (Å²) in [5, 5.41) is 3.29. The van der Waals surface area contributed by atoms with Gasteiger partial charge in [-0.15, -0.1) is 0 Å². The molecule has 1 atom stereocenters. The van der Waals surface area contributed by atoms with Gasteiger partial charge in [-0.1, -0.05) is 30.3 Å². The number of hydrogen-bond acceptors (Lipinski definition) is 3. The third-order valence-corrected chi connectivity index (χ3v) is 2.75. The maximum absolute atomic E-state index is 5.82. The molecule has 0 fully saturated rings. The monoisotopic (exact) mass is 215 g/mol. The van der Waals surface area contributed by atoms with E-state index in [1.54, 1.807) is 12.5 Å². The van der Waals surface area contributed by atoms with Crippen molar-refractivity contribution in [3.63, 3.8) is 0 Å². The van der Waals surface area contributed by atoms with Crippen LogP contribution in [-0.2, 0) is 6.42 Å². The highest BCUT2D eigenvalue weighted by Crippen LogP contribution is 2.30. The highest BCUT2D eigenvalue weighted by atomic mass is 16.5. The molecule has 2 heterocycles. The second-order valence-electron chi connectivity index (χ2n) is 3.96. The second-order valence-corrected chi connectivity index (χ2v) is 3.96. The quantitative estimate of drug-likeness (QED) is 0.836. The van der Waals surface area contributed by atoms with Crippen LogP contribution >= 0.6 is 0 Å². The van der Waals surface area contributed by atoms with Crippen LogP contribution in [0.4, 0.5) is 5.69 Å². The Morgan fingerprint density at radius 2 is 2.06 bits per heavy atom. The Morgan fingerprint density at radius 1 is 1.19 bits per heavy atom. The van der Waals surface area contributed by atoms with Gasteiger partial charge in [0.25, 0.3) is 0 Å². The SMILES string of the molecule is c1ccc(CC2CNc3cocc3O2)cc1. The summed E-state index contributed by atoms with van der Waals surface area (Å²) >= 11 is 0. The Kier molecular flexibility index (Phi) is 2.29. The molecule has 1 aromatic carbocycles. The van der Waals surface area contributed by atoms with Crippen LogP contribution in [0.2, 0.25) is 0 Å². The molecule has 2 aromatic rings. The van der Waals surface area contributed by atoms with E-state index in [2.05, 4.69) is 29.6 Å². The van der Waals surface area contributed by atoms with Crippen molar-refractivity contribution in [2.24, 2.45) is 0 Å². The van der Waals surface area contributed by atoms with Crippen LogP contribution in [0.25, 0.3) is 0 Å². The molecular formula is C13H13NO2. The molecule has 3 heteroatoms. The summed E-state index contributed by atoms with van der Waals surface area (Å²) in [6.45, 7) is 0.821. The number of anilines is 1. The van der Waals surface area contributed by atoms with E-state index in [1.165, 1.54) is 5.56 Å². The highest BCUT2D eigenvalue weighted by molar-refractivity contribution is 5.55. The van der Waals surface area contributed by atoms with Gasteiger partial charge in [0.05, 0.1) is 6.54 Å². The van der Waals surface area contributed by atoms with Crippen molar-refractivity contribution < 1.29 is 9.15 Å². The fourth-order valence-corrected chi connectivity index (χ4v) is 1.94. The van der Waals surface area contributed by atoms with Crippen LogP contribution < -0.4 is 10.1 Å². The van der Waals surface area contributed by atoms with Crippen LogP contribution in [-0.4, -0.2) is 12.6 Å². The normalized spacial score (nSPS) is 18.4. The van der Waals surface area contributed by atoms with E-state index >= 15 is 0 Å². The topological polar surface area (TPSA) is 34.4 Å². The number of rotatable bonds is 2. The van der Waals surface area contributed by atoms with Crippen molar-refractivity contribution in [2.75, 3.05) is 11.9 Å². The first kappa shape index (κ1) is 9.33. The van der Waals surface area contributed by atoms with Gasteiger partial charge in [0.15, 0.2) is 5.75 Å². The van der Waals surface area contributed by atoms with Gasteiger partial charge in [-0.05, 0) is 5.56 Å². The number of ether oxygens (including phenoxy) is 1. The largest absolute Gasteiger partial charge is 0.483 e. The minimum atomic E-state index is 0.174. The Balaban J connectivity index is 1.71. The Labute approximate surface area is 94.0 Å². The van der Waals surface area contributed by atoms with Crippen LogP contribution in [0.1, 0.15) is 5.56 Å². The lowest BCUT2D eigenvalue weighted by molar-refractivity contribution is 0.205. The van der Waals surface area contributed by atoms with Crippen LogP contribution in [0.3, 0.4) is 0 Å². The summed E-state index contributed by atoms with van der Waals surface area (Å²) in [5.41, 5.74) is 2.24. The number of furan rings is 1. The Bertz CT molecular complexity index is 464. The van der Waals surface area contributed by atoms with Gasteiger partial charge in [0, 0.05) is 6.42 Å². The zero-order chi connectivity index (χ0) is 10.8. The second kappa shape index (κ2) is 3.93. The maximum atomic E-state index is 5.82. The first-order valence-corrected chi connectivity index (χ1v) is 5.42. The predicted molar refractivity (Wildman–Crippen MR) is 61.8 cm³/mol. The minimum Gasteiger partial charge on any atom is -0.483 e. The maximum Gasteiger partial charge on any atom is 0.181 e. The molecule has 0 saturated carbocycles. The first-order valence-electron chi connectivity index (χ1n) is 5.42. The molecule has 1 N–H and O–H groups in total. The smallest absolute Gasteiger partial charge is 0.181 e. The van der Waals surface area contributed by atoms with E-state index in [9.17, 15) is 0 Å². The van der Waals surface area contributed by atoms with Crippen LogP contribution in [0.5, 0.6) is 5.75 Å². The molecule has 1 unspecified atom stereocenters. The molecule has 1 aromatic heterocycles.